The van der Waals surface area contributed by atoms with Gasteiger partial charge in [0.2, 0.25) is 0 Å². The fraction of sp³-hybridized carbons (Fsp3) is 0.100. The Bertz CT molecular complexity index is 1620. The molecule has 5 rings (SSSR count). The van der Waals surface area contributed by atoms with Gasteiger partial charge in [0.05, 0.1) is 23.1 Å². The molecule has 0 spiro atoms. The zero-order valence-corrected chi connectivity index (χ0v) is 23.0. The number of nitrogens with zero attached hydrogens (tertiary/aromatic N) is 3. The number of carbonyl (C=O) groups is 2. The summed E-state index contributed by atoms with van der Waals surface area (Å²) >= 11 is 4.46. The van der Waals surface area contributed by atoms with E-state index in [9.17, 15) is 9.59 Å². The summed E-state index contributed by atoms with van der Waals surface area (Å²) < 4.78 is 8.86. The van der Waals surface area contributed by atoms with E-state index in [1.807, 2.05) is 68.4 Å². The van der Waals surface area contributed by atoms with Gasteiger partial charge in [-0.2, -0.15) is 5.26 Å². The molecule has 4 aromatic rings. The summed E-state index contributed by atoms with van der Waals surface area (Å²) in [6.07, 6.45) is 1.80. The second kappa shape index (κ2) is 10.7. The first-order valence-electron chi connectivity index (χ1n) is 11.8. The number of hydrogen-bond acceptors (Lipinski definition) is 5. The summed E-state index contributed by atoms with van der Waals surface area (Å²) in [5.74, 6) is 1.05. The largest absolute Gasteiger partial charge is 0.457 e. The number of rotatable bonds is 6. The molecule has 0 saturated carbocycles. The SMILES string of the molecule is Cc1cc(/C=C2\SC(=O)N(Cc3ccccc3Br)C2=O)c(C)n1-c1ccc(Oc2ccc(C#N)cc2)cc1. The number of amides is 2. The lowest BCUT2D eigenvalue weighted by Gasteiger charge is -2.13. The van der Waals surface area contributed by atoms with Crippen LogP contribution in [0.1, 0.15) is 28.1 Å². The maximum atomic E-state index is 13.1. The molecule has 1 saturated heterocycles. The predicted octanol–water partition coefficient (Wildman–Crippen LogP) is 7.76. The molecule has 1 aliphatic heterocycles. The Labute approximate surface area is 233 Å². The van der Waals surface area contributed by atoms with Gasteiger partial charge in [0, 0.05) is 21.5 Å². The van der Waals surface area contributed by atoms with E-state index in [0.717, 1.165) is 44.4 Å². The summed E-state index contributed by atoms with van der Waals surface area (Å²) in [5.41, 5.74) is 5.25. The highest BCUT2D eigenvalue weighted by atomic mass is 79.9. The minimum Gasteiger partial charge on any atom is -0.457 e. The van der Waals surface area contributed by atoms with Crippen molar-refractivity contribution in [3.05, 3.63) is 116 Å². The number of benzene rings is 3. The number of carbonyl (C=O) groups excluding carboxylic acids is 2. The third-order valence-corrected chi connectivity index (χ3v) is 7.91. The number of halogens is 1. The molecule has 1 fully saturated rings. The van der Waals surface area contributed by atoms with E-state index in [2.05, 4.69) is 26.6 Å². The number of imide groups is 1. The van der Waals surface area contributed by atoms with Crippen molar-refractivity contribution in [1.29, 1.82) is 5.26 Å². The molecule has 8 heteroatoms. The Morgan fingerprint density at radius 2 is 1.63 bits per heavy atom. The summed E-state index contributed by atoms with van der Waals surface area (Å²) in [6, 6.07) is 26.3. The normalized spacial score (nSPS) is 14.3. The molecule has 0 N–H and O–H groups in total. The molecule has 1 aliphatic rings. The summed E-state index contributed by atoms with van der Waals surface area (Å²) in [5, 5.41) is 8.68. The standard InChI is InChI=1S/C30H22BrN3O3S/c1-19-15-23(16-28-29(35)33(30(36)38-28)18-22-5-3-4-6-27(22)31)20(2)34(19)24-9-13-26(14-10-24)37-25-11-7-21(17-32)8-12-25/h3-16H,18H2,1-2H3/b28-16-. The van der Waals surface area contributed by atoms with Gasteiger partial charge in [0.25, 0.3) is 11.1 Å². The molecule has 0 bridgehead atoms. The van der Waals surface area contributed by atoms with Gasteiger partial charge < -0.3 is 9.30 Å². The van der Waals surface area contributed by atoms with Gasteiger partial charge in [-0.25, -0.2) is 0 Å². The van der Waals surface area contributed by atoms with E-state index in [4.69, 9.17) is 10.00 Å². The van der Waals surface area contributed by atoms with Crippen molar-refractivity contribution in [2.75, 3.05) is 0 Å². The molecule has 2 amide bonds. The zero-order valence-electron chi connectivity index (χ0n) is 20.6. The Balaban J connectivity index is 1.35. The molecule has 2 heterocycles. The van der Waals surface area contributed by atoms with E-state index in [0.29, 0.717) is 22.0 Å². The highest BCUT2D eigenvalue weighted by Gasteiger charge is 2.35. The van der Waals surface area contributed by atoms with Crippen LogP contribution in [0.3, 0.4) is 0 Å². The highest BCUT2D eigenvalue weighted by Crippen LogP contribution is 2.35. The number of hydrogen-bond donors (Lipinski definition) is 0. The summed E-state index contributed by atoms with van der Waals surface area (Å²) in [7, 11) is 0. The van der Waals surface area contributed by atoms with Crippen LogP contribution in [0.5, 0.6) is 11.5 Å². The molecule has 0 aliphatic carbocycles. The third kappa shape index (κ3) is 5.17. The van der Waals surface area contributed by atoms with Crippen molar-refractivity contribution in [2.24, 2.45) is 0 Å². The minimum atomic E-state index is -0.287. The minimum absolute atomic E-state index is 0.222. The van der Waals surface area contributed by atoms with E-state index in [1.54, 1.807) is 30.3 Å². The average molecular weight is 584 g/mol. The highest BCUT2D eigenvalue weighted by molar-refractivity contribution is 9.10. The quantitative estimate of drug-likeness (QED) is 0.217. The van der Waals surface area contributed by atoms with Gasteiger partial charge in [-0.3, -0.25) is 14.5 Å². The van der Waals surface area contributed by atoms with Gasteiger partial charge >= 0.3 is 0 Å². The smallest absolute Gasteiger partial charge is 0.293 e. The average Bonchev–Trinajstić information content (AvgIpc) is 3.34. The molecule has 38 heavy (non-hydrogen) atoms. The van der Waals surface area contributed by atoms with Crippen LogP contribution in [-0.4, -0.2) is 20.6 Å². The van der Waals surface area contributed by atoms with Crippen LogP contribution in [0.25, 0.3) is 11.8 Å². The fourth-order valence-electron chi connectivity index (χ4n) is 4.30. The van der Waals surface area contributed by atoms with Gasteiger partial charge in [0.15, 0.2) is 0 Å². The van der Waals surface area contributed by atoms with Crippen molar-refractivity contribution >= 4 is 44.9 Å². The number of aryl methyl sites for hydroxylation is 1. The molecule has 0 radical (unpaired) electrons. The molecular weight excluding hydrogens is 562 g/mol. The van der Waals surface area contributed by atoms with Gasteiger partial charge in [-0.05, 0) is 103 Å². The monoisotopic (exact) mass is 583 g/mol. The van der Waals surface area contributed by atoms with Gasteiger partial charge in [-0.15, -0.1) is 0 Å². The molecule has 188 valence electrons. The van der Waals surface area contributed by atoms with Crippen molar-refractivity contribution in [3.8, 4) is 23.3 Å². The first-order valence-corrected chi connectivity index (χ1v) is 13.4. The Morgan fingerprint density at radius 1 is 0.974 bits per heavy atom. The second-order valence-electron chi connectivity index (χ2n) is 8.75. The third-order valence-electron chi connectivity index (χ3n) is 6.23. The van der Waals surface area contributed by atoms with E-state index < -0.39 is 0 Å². The van der Waals surface area contributed by atoms with Crippen LogP contribution in [0.4, 0.5) is 4.79 Å². The predicted molar refractivity (Wildman–Crippen MR) is 152 cm³/mol. The van der Waals surface area contributed by atoms with Gasteiger partial charge in [0.1, 0.15) is 11.5 Å². The fourth-order valence-corrected chi connectivity index (χ4v) is 5.54. The lowest BCUT2D eigenvalue weighted by molar-refractivity contribution is -0.123. The van der Waals surface area contributed by atoms with Gasteiger partial charge in [-0.1, -0.05) is 34.1 Å². The molecule has 0 unspecified atom stereocenters. The summed E-state index contributed by atoms with van der Waals surface area (Å²) in [4.78, 5) is 27.4. The van der Waals surface area contributed by atoms with Crippen LogP contribution in [-0.2, 0) is 11.3 Å². The van der Waals surface area contributed by atoms with Crippen LogP contribution in [0, 0.1) is 25.2 Å². The Kier molecular flexibility index (Phi) is 7.23. The van der Waals surface area contributed by atoms with E-state index >= 15 is 0 Å². The lowest BCUT2D eigenvalue weighted by Crippen LogP contribution is -2.27. The van der Waals surface area contributed by atoms with Crippen molar-refractivity contribution in [3.63, 3.8) is 0 Å². The van der Waals surface area contributed by atoms with Crippen LogP contribution in [0.2, 0.25) is 0 Å². The summed E-state index contributed by atoms with van der Waals surface area (Å²) in [6.45, 7) is 4.22. The number of aromatic nitrogens is 1. The van der Waals surface area contributed by atoms with Crippen molar-refractivity contribution in [2.45, 2.75) is 20.4 Å². The maximum Gasteiger partial charge on any atom is 0.293 e. The lowest BCUT2D eigenvalue weighted by atomic mass is 10.2. The van der Waals surface area contributed by atoms with E-state index in [-0.39, 0.29) is 17.7 Å². The maximum absolute atomic E-state index is 13.1. The molecule has 1 aromatic heterocycles. The van der Waals surface area contributed by atoms with Crippen LogP contribution >= 0.6 is 27.7 Å². The Hall–Kier alpha value is -4.06. The molecule has 0 atom stereocenters. The number of thioether (sulfide) groups is 1. The second-order valence-corrected chi connectivity index (χ2v) is 10.6. The van der Waals surface area contributed by atoms with Crippen LogP contribution in [0.15, 0.2) is 88.2 Å². The molecule has 6 nitrogen and oxygen atoms in total. The number of ether oxygens (including phenoxy) is 1. The Morgan fingerprint density at radius 3 is 2.29 bits per heavy atom. The first kappa shape index (κ1) is 25.6. The van der Waals surface area contributed by atoms with Crippen LogP contribution < -0.4 is 4.74 Å². The van der Waals surface area contributed by atoms with Crippen molar-refractivity contribution < 1.29 is 14.3 Å². The zero-order chi connectivity index (χ0) is 26.8. The first-order chi connectivity index (χ1) is 18.3. The topological polar surface area (TPSA) is 75.3 Å². The molecule has 3 aromatic carbocycles. The van der Waals surface area contributed by atoms with E-state index in [1.165, 1.54) is 4.90 Å². The molecular formula is C30H22BrN3O3S. The van der Waals surface area contributed by atoms with Crippen molar-refractivity contribution in [1.82, 2.24) is 9.47 Å². The number of nitriles is 1.